The van der Waals surface area contributed by atoms with Crippen LogP contribution in [0.1, 0.15) is 0 Å². The minimum atomic E-state index is 0.986. The van der Waals surface area contributed by atoms with Crippen LogP contribution in [0.5, 0.6) is 0 Å². The van der Waals surface area contributed by atoms with Crippen molar-refractivity contribution >= 4 is 119 Å². The van der Waals surface area contributed by atoms with Crippen LogP contribution >= 0.6 is 0 Å². The van der Waals surface area contributed by atoms with E-state index in [2.05, 4.69) is 231 Å². The van der Waals surface area contributed by atoms with Gasteiger partial charge in [-0.25, -0.2) is 9.97 Å². The van der Waals surface area contributed by atoms with Gasteiger partial charge in [0.05, 0.1) is 22.1 Å². The van der Waals surface area contributed by atoms with E-state index in [1.165, 1.54) is 131 Å². The Kier molecular flexibility index (Phi) is 7.64. The molecular weight excluding hydrogens is 845 g/mol. The molecule has 16 aromatic rings. The molecule has 0 radical (unpaired) electrons. The Hall–Kier alpha value is -9.24. The molecule has 2 heteroatoms. The third-order valence-corrected chi connectivity index (χ3v) is 15.4. The fourth-order valence-electron chi connectivity index (χ4n) is 12.1. The molecule has 14 aromatic carbocycles. The Morgan fingerprint density at radius 1 is 0.200 bits per heavy atom. The summed E-state index contributed by atoms with van der Waals surface area (Å²) >= 11 is 0. The summed E-state index contributed by atoms with van der Waals surface area (Å²) in [6.07, 6.45) is 0. The molecule has 0 bridgehead atoms. The first-order chi connectivity index (χ1) is 34.7. The molecule has 0 fully saturated rings. The van der Waals surface area contributed by atoms with Gasteiger partial charge in [-0.05, 0) is 158 Å². The maximum Gasteiger partial charge on any atom is 0.0801 e. The van der Waals surface area contributed by atoms with Gasteiger partial charge in [-0.1, -0.05) is 182 Å². The van der Waals surface area contributed by atoms with Crippen LogP contribution < -0.4 is 0 Å². The van der Waals surface area contributed by atoms with Crippen molar-refractivity contribution in [3.05, 3.63) is 231 Å². The van der Waals surface area contributed by atoms with E-state index in [0.29, 0.717) is 0 Å². The van der Waals surface area contributed by atoms with Crippen molar-refractivity contribution in [3.63, 3.8) is 0 Å². The standard InChI is InChI=1S/C68H38N2/c1-5-13-43-33-47(21-17-39(43)9-1)49-25-27-53-57(37-49)61(51-23-19-41-11-3-7-15-45(41)35-51)55-29-31-60-65-63(55)67(53)69-59-32-30-56-62(52-24-20-42-12-4-8-16-46(42)36-52)58-38-50(26-28-54(58)68(70-60)64(56)66(59)65)48-22-18-40-10-2-6-14-44(40)34-48/h1-38H. The predicted molar refractivity (Wildman–Crippen MR) is 299 cm³/mol. The van der Waals surface area contributed by atoms with E-state index >= 15 is 0 Å². The van der Waals surface area contributed by atoms with Crippen LogP contribution in [0.2, 0.25) is 0 Å². The highest BCUT2D eigenvalue weighted by molar-refractivity contribution is 6.41. The van der Waals surface area contributed by atoms with E-state index in [9.17, 15) is 0 Å². The summed E-state index contributed by atoms with van der Waals surface area (Å²) in [5, 5.41) is 21.6. The van der Waals surface area contributed by atoms with E-state index < -0.39 is 0 Å². The normalized spacial score (nSPS) is 12.3. The number of hydrogen-bond acceptors (Lipinski definition) is 2. The smallest absolute Gasteiger partial charge is 0.0801 e. The monoisotopic (exact) mass is 882 g/mol. The van der Waals surface area contributed by atoms with Crippen molar-refractivity contribution in [1.82, 2.24) is 9.97 Å². The van der Waals surface area contributed by atoms with Crippen LogP contribution in [-0.2, 0) is 0 Å². The van der Waals surface area contributed by atoms with E-state index in [0.717, 1.165) is 32.8 Å². The zero-order valence-electron chi connectivity index (χ0n) is 37.8. The lowest BCUT2D eigenvalue weighted by Gasteiger charge is -2.22. The fourth-order valence-corrected chi connectivity index (χ4v) is 12.1. The quantitative estimate of drug-likeness (QED) is 0.130. The van der Waals surface area contributed by atoms with Gasteiger partial charge < -0.3 is 0 Å². The van der Waals surface area contributed by atoms with Crippen molar-refractivity contribution < 1.29 is 0 Å². The van der Waals surface area contributed by atoms with E-state index in [1.54, 1.807) is 0 Å². The highest BCUT2D eigenvalue weighted by Crippen LogP contribution is 2.51. The van der Waals surface area contributed by atoms with Gasteiger partial charge in [-0.2, -0.15) is 0 Å². The van der Waals surface area contributed by atoms with Gasteiger partial charge >= 0.3 is 0 Å². The van der Waals surface area contributed by atoms with Gasteiger partial charge in [0.2, 0.25) is 0 Å². The minimum Gasteiger partial charge on any atom is -0.247 e. The van der Waals surface area contributed by atoms with Crippen LogP contribution in [0.3, 0.4) is 0 Å². The van der Waals surface area contributed by atoms with Gasteiger partial charge in [0, 0.05) is 32.3 Å². The topological polar surface area (TPSA) is 25.8 Å². The van der Waals surface area contributed by atoms with Crippen molar-refractivity contribution in [1.29, 1.82) is 0 Å². The molecule has 2 nitrogen and oxygen atoms in total. The Morgan fingerprint density at radius 2 is 0.500 bits per heavy atom. The summed E-state index contributed by atoms with van der Waals surface area (Å²) in [4.78, 5) is 11.5. The van der Waals surface area contributed by atoms with Gasteiger partial charge in [-0.15, -0.1) is 0 Å². The number of pyridine rings is 2. The molecule has 0 aliphatic carbocycles. The SMILES string of the molecule is c1ccc2cc(-c3ccc4c(c3)c(-c3ccc5ccccc5c3)c3ccc5nc6c7ccc(-c8ccc9ccccc9c8)cc7c(-c7ccc8ccccc8c7)c7ccc8nc4c3c5c8c76)ccc2c1. The minimum absolute atomic E-state index is 0.986. The second kappa shape index (κ2) is 14.1. The van der Waals surface area contributed by atoms with Crippen LogP contribution in [0.4, 0.5) is 0 Å². The molecule has 2 aromatic heterocycles. The summed E-state index contributed by atoms with van der Waals surface area (Å²) in [7, 11) is 0. The van der Waals surface area contributed by atoms with Crippen LogP contribution in [0.25, 0.3) is 164 Å². The second-order valence-corrected chi connectivity index (χ2v) is 19.2. The van der Waals surface area contributed by atoms with E-state index in [-0.39, 0.29) is 0 Å². The number of nitrogens with zero attached hydrogens (tertiary/aromatic N) is 2. The number of benzene rings is 14. The first kappa shape index (κ1) is 37.8. The molecule has 2 heterocycles. The molecule has 0 saturated heterocycles. The fraction of sp³-hybridized carbons (Fsp3) is 0. The van der Waals surface area contributed by atoms with E-state index in [4.69, 9.17) is 9.97 Å². The lowest BCUT2D eigenvalue weighted by molar-refractivity contribution is 1.50. The largest absolute Gasteiger partial charge is 0.247 e. The average molecular weight is 883 g/mol. The predicted octanol–water partition coefficient (Wildman–Crippen LogP) is 18.7. The summed E-state index contributed by atoms with van der Waals surface area (Å²) in [6.45, 7) is 0. The Morgan fingerprint density at radius 3 is 0.886 bits per heavy atom. The lowest BCUT2D eigenvalue weighted by Crippen LogP contribution is -1.99. The maximum atomic E-state index is 5.76. The van der Waals surface area contributed by atoms with Crippen LogP contribution in [-0.4, -0.2) is 9.97 Å². The van der Waals surface area contributed by atoms with Gasteiger partial charge in [0.1, 0.15) is 0 Å². The molecule has 0 N–H and O–H groups in total. The van der Waals surface area contributed by atoms with Crippen molar-refractivity contribution in [2.45, 2.75) is 0 Å². The Bertz CT molecular complexity index is 4580. The lowest BCUT2D eigenvalue weighted by atomic mass is 9.83. The van der Waals surface area contributed by atoms with Gasteiger partial charge in [-0.3, -0.25) is 0 Å². The maximum absolute atomic E-state index is 5.76. The molecule has 16 rings (SSSR count). The highest BCUT2D eigenvalue weighted by atomic mass is 14.7. The molecule has 0 spiro atoms. The zero-order chi connectivity index (χ0) is 45.6. The third-order valence-electron chi connectivity index (χ3n) is 15.4. The first-order valence-electron chi connectivity index (χ1n) is 24.2. The Balaban J connectivity index is 1.03. The Labute approximate surface area is 402 Å². The third kappa shape index (κ3) is 5.39. The van der Waals surface area contributed by atoms with Crippen LogP contribution in [0.15, 0.2) is 231 Å². The number of hydrogen-bond donors (Lipinski definition) is 0. The molecular formula is C68H38N2. The summed E-state index contributed by atoms with van der Waals surface area (Å²) in [5.41, 5.74) is 13.6. The first-order valence-corrected chi connectivity index (χ1v) is 24.2. The van der Waals surface area contributed by atoms with Gasteiger partial charge in [0.25, 0.3) is 0 Å². The number of aromatic nitrogens is 2. The molecule has 0 atom stereocenters. The highest BCUT2D eigenvalue weighted by Gasteiger charge is 2.26. The summed E-state index contributed by atoms with van der Waals surface area (Å²) in [6, 6.07) is 85.3. The summed E-state index contributed by atoms with van der Waals surface area (Å²) in [5.74, 6) is 0. The molecule has 0 aliphatic heterocycles. The molecule has 70 heavy (non-hydrogen) atoms. The zero-order valence-corrected chi connectivity index (χ0v) is 37.8. The summed E-state index contributed by atoms with van der Waals surface area (Å²) < 4.78 is 0. The average Bonchev–Trinajstić information content (AvgIpc) is 3.43. The molecule has 0 aliphatic rings. The van der Waals surface area contributed by atoms with Crippen molar-refractivity contribution in [2.24, 2.45) is 0 Å². The number of rotatable bonds is 4. The molecule has 0 unspecified atom stereocenters. The van der Waals surface area contributed by atoms with Crippen molar-refractivity contribution in [3.8, 4) is 44.5 Å². The van der Waals surface area contributed by atoms with Gasteiger partial charge in [0.15, 0.2) is 0 Å². The molecule has 0 amide bonds. The van der Waals surface area contributed by atoms with Crippen molar-refractivity contribution in [2.75, 3.05) is 0 Å². The molecule has 320 valence electrons. The molecule has 0 saturated carbocycles. The second-order valence-electron chi connectivity index (χ2n) is 19.2. The van der Waals surface area contributed by atoms with Crippen LogP contribution in [0, 0.1) is 0 Å². The number of fused-ring (bicyclic) bond motifs is 8. The van der Waals surface area contributed by atoms with E-state index in [1.807, 2.05) is 0 Å².